The van der Waals surface area contributed by atoms with Gasteiger partial charge in [0.2, 0.25) is 5.78 Å². The van der Waals surface area contributed by atoms with Crippen molar-refractivity contribution in [3.63, 3.8) is 0 Å². The summed E-state index contributed by atoms with van der Waals surface area (Å²) >= 11 is 6.24. The van der Waals surface area contributed by atoms with Crippen LogP contribution in [0.3, 0.4) is 0 Å². The Hall–Kier alpha value is -4.34. The van der Waals surface area contributed by atoms with E-state index in [1.165, 1.54) is 57.7 Å². The maximum absolute atomic E-state index is 13.6. The van der Waals surface area contributed by atoms with Crippen molar-refractivity contribution in [2.45, 2.75) is 11.0 Å². The summed E-state index contributed by atoms with van der Waals surface area (Å²) < 4.78 is 44.3. The van der Waals surface area contributed by atoms with Crippen molar-refractivity contribution in [2.24, 2.45) is 0 Å². The number of halogens is 1. The molecule has 4 rings (SSSR count). The van der Waals surface area contributed by atoms with Crippen LogP contribution >= 0.6 is 11.6 Å². The summed E-state index contributed by atoms with van der Waals surface area (Å²) in [5, 5.41) is 0.188. The smallest absolute Gasteiger partial charge is 0.339 e. The Kier molecular flexibility index (Phi) is 8.77. The van der Waals surface area contributed by atoms with E-state index in [1.54, 1.807) is 60.7 Å². The molecule has 4 aromatic carbocycles. The number of benzene rings is 4. The Morgan fingerprint density at radius 2 is 1.38 bits per heavy atom. The van der Waals surface area contributed by atoms with Gasteiger partial charge in [-0.1, -0.05) is 78.3 Å². The minimum atomic E-state index is -4.18. The third kappa shape index (κ3) is 5.95. The van der Waals surface area contributed by atoms with Crippen LogP contribution < -0.4 is 13.8 Å². The van der Waals surface area contributed by atoms with Gasteiger partial charge in [-0.2, -0.15) is 0 Å². The number of hydrogen-bond donors (Lipinski definition) is 0. The van der Waals surface area contributed by atoms with E-state index in [0.29, 0.717) is 16.9 Å². The number of methoxy groups -OCH3 is 2. The van der Waals surface area contributed by atoms with Gasteiger partial charge in [-0.15, -0.1) is 0 Å². The van der Waals surface area contributed by atoms with Crippen molar-refractivity contribution in [3.8, 4) is 11.5 Å². The molecule has 0 fully saturated rings. The zero-order valence-electron chi connectivity index (χ0n) is 21.9. The number of sulfonamides is 1. The van der Waals surface area contributed by atoms with Crippen molar-refractivity contribution < 1.29 is 32.2 Å². The molecule has 0 amide bonds. The molecule has 0 radical (unpaired) electrons. The summed E-state index contributed by atoms with van der Waals surface area (Å²) in [4.78, 5) is 26.4. The molecule has 0 N–H and O–H groups in total. The molecule has 0 aliphatic carbocycles. The topological polar surface area (TPSA) is 99.2 Å². The Morgan fingerprint density at radius 3 is 2.00 bits per heavy atom. The maximum Gasteiger partial charge on any atom is 0.339 e. The SMILES string of the molecule is COc1cc(OC)c(N(C)S(=O)(=O)c2cccc(C(=O)O[C@@H](C(=O)c3ccccc3)c3ccccc3)c2)cc1Cl. The summed E-state index contributed by atoms with van der Waals surface area (Å²) in [7, 11) is -0.0158. The summed E-state index contributed by atoms with van der Waals surface area (Å²) in [6.45, 7) is 0. The minimum Gasteiger partial charge on any atom is -0.495 e. The Labute approximate surface area is 237 Å². The molecule has 4 aromatic rings. The summed E-state index contributed by atoms with van der Waals surface area (Å²) in [6, 6.07) is 25.4. The van der Waals surface area contributed by atoms with Crippen molar-refractivity contribution >= 4 is 39.1 Å². The number of carbonyl (C=O) groups excluding carboxylic acids is 2. The number of anilines is 1. The van der Waals surface area contributed by atoms with Gasteiger partial charge in [-0.3, -0.25) is 9.10 Å². The Bertz CT molecular complexity index is 1630. The lowest BCUT2D eigenvalue weighted by Crippen LogP contribution is -2.27. The third-order valence-electron chi connectivity index (χ3n) is 6.14. The van der Waals surface area contributed by atoms with E-state index in [-0.39, 0.29) is 26.9 Å². The van der Waals surface area contributed by atoms with E-state index in [4.69, 9.17) is 25.8 Å². The van der Waals surface area contributed by atoms with Crippen LogP contribution in [0, 0.1) is 0 Å². The van der Waals surface area contributed by atoms with Gasteiger partial charge < -0.3 is 14.2 Å². The van der Waals surface area contributed by atoms with Gasteiger partial charge in [-0.05, 0) is 24.3 Å². The first-order valence-electron chi connectivity index (χ1n) is 12.0. The van der Waals surface area contributed by atoms with Crippen LogP contribution in [0.15, 0.2) is 102 Å². The van der Waals surface area contributed by atoms with Crippen LogP contribution in [-0.4, -0.2) is 41.4 Å². The van der Waals surface area contributed by atoms with Gasteiger partial charge >= 0.3 is 5.97 Å². The minimum absolute atomic E-state index is 0.0454. The predicted octanol–water partition coefficient (Wildman–Crippen LogP) is 5.96. The van der Waals surface area contributed by atoms with Crippen molar-refractivity contribution in [2.75, 3.05) is 25.6 Å². The van der Waals surface area contributed by atoms with Gasteiger partial charge in [0, 0.05) is 24.2 Å². The highest BCUT2D eigenvalue weighted by Crippen LogP contribution is 2.39. The van der Waals surface area contributed by atoms with E-state index in [9.17, 15) is 18.0 Å². The molecule has 206 valence electrons. The fourth-order valence-corrected chi connectivity index (χ4v) is 5.47. The Balaban J connectivity index is 1.66. The summed E-state index contributed by atoms with van der Waals surface area (Å²) in [6.07, 6.45) is -1.23. The standard InChI is InChI=1S/C30H26ClNO7S/c1-32(25-18-24(31)26(37-2)19-27(25)38-3)40(35,36)23-16-10-15-22(17-23)30(34)39-29(21-13-8-5-9-14-21)28(33)20-11-6-4-7-12-20/h4-19,29H,1-3H3/t29-/m1/s1. The number of ether oxygens (including phenoxy) is 3. The van der Waals surface area contributed by atoms with Gasteiger partial charge in [-0.25, -0.2) is 13.2 Å². The molecule has 1 atom stereocenters. The van der Waals surface area contributed by atoms with Crippen LogP contribution in [-0.2, 0) is 14.8 Å². The predicted molar refractivity (Wildman–Crippen MR) is 152 cm³/mol. The fourth-order valence-electron chi connectivity index (χ4n) is 3.99. The molecule has 0 spiro atoms. The fraction of sp³-hybridized carbons (Fsp3) is 0.133. The third-order valence-corrected chi connectivity index (χ3v) is 8.21. The zero-order valence-corrected chi connectivity index (χ0v) is 23.5. The van der Waals surface area contributed by atoms with Crippen molar-refractivity contribution in [1.29, 1.82) is 0 Å². The van der Waals surface area contributed by atoms with Gasteiger partial charge in [0.25, 0.3) is 10.0 Å². The normalized spacial score (nSPS) is 11.8. The van der Waals surface area contributed by atoms with Crippen LogP contribution in [0.4, 0.5) is 5.69 Å². The monoisotopic (exact) mass is 579 g/mol. The molecule has 0 saturated heterocycles. The number of ketones is 1. The zero-order chi connectivity index (χ0) is 28.9. The number of esters is 1. The maximum atomic E-state index is 13.6. The highest BCUT2D eigenvalue weighted by atomic mass is 35.5. The van der Waals surface area contributed by atoms with Crippen molar-refractivity contribution in [3.05, 3.63) is 119 Å². The summed E-state index contributed by atoms with van der Waals surface area (Å²) in [5.41, 5.74) is 0.973. The number of hydrogen-bond acceptors (Lipinski definition) is 7. The molecular weight excluding hydrogens is 554 g/mol. The molecule has 0 aromatic heterocycles. The highest BCUT2D eigenvalue weighted by molar-refractivity contribution is 7.92. The molecular formula is C30H26ClNO7S. The van der Waals surface area contributed by atoms with Crippen LogP contribution in [0.2, 0.25) is 5.02 Å². The highest BCUT2D eigenvalue weighted by Gasteiger charge is 2.29. The molecule has 0 aliphatic rings. The largest absolute Gasteiger partial charge is 0.495 e. The Morgan fingerprint density at radius 1 is 0.775 bits per heavy atom. The molecule has 0 heterocycles. The van der Waals surface area contributed by atoms with Gasteiger partial charge in [0.05, 0.1) is 35.4 Å². The molecule has 0 bridgehead atoms. The van der Waals surface area contributed by atoms with Gasteiger partial charge in [0.15, 0.2) is 6.10 Å². The summed E-state index contributed by atoms with van der Waals surface area (Å²) in [5.74, 6) is -0.737. The van der Waals surface area contributed by atoms with E-state index >= 15 is 0 Å². The van der Waals surface area contributed by atoms with E-state index in [0.717, 1.165) is 4.31 Å². The molecule has 10 heteroatoms. The number of carbonyl (C=O) groups is 2. The lowest BCUT2D eigenvalue weighted by molar-refractivity contribution is 0.0280. The van der Waals surface area contributed by atoms with Crippen molar-refractivity contribution in [1.82, 2.24) is 0 Å². The average Bonchev–Trinajstić information content (AvgIpc) is 2.99. The van der Waals surface area contributed by atoms with E-state index < -0.39 is 27.9 Å². The van der Waals surface area contributed by atoms with E-state index in [1.807, 2.05) is 0 Å². The number of nitrogens with zero attached hydrogens (tertiary/aromatic N) is 1. The quantitative estimate of drug-likeness (QED) is 0.169. The number of Topliss-reactive ketones (excluding diaryl/α,β-unsaturated/α-hetero) is 1. The van der Waals surface area contributed by atoms with Crippen LogP contribution in [0.5, 0.6) is 11.5 Å². The molecule has 40 heavy (non-hydrogen) atoms. The molecule has 0 saturated carbocycles. The first-order valence-corrected chi connectivity index (χ1v) is 13.8. The second-order valence-electron chi connectivity index (χ2n) is 8.59. The number of rotatable bonds is 10. The molecule has 8 nitrogen and oxygen atoms in total. The van der Waals surface area contributed by atoms with E-state index in [2.05, 4.69) is 0 Å². The average molecular weight is 580 g/mol. The first-order chi connectivity index (χ1) is 19.2. The first kappa shape index (κ1) is 28.7. The van der Waals surface area contributed by atoms with Crippen LogP contribution in [0.1, 0.15) is 32.4 Å². The second kappa shape index (κ2) is 12.2. The van der Waals surface area contributed by atoms with Crippen LogP contribution in [0.25, 0.3) is 0 Å². The lowest BCUT2D eigenvalue weighted by atomic mass is 10.00. The van der Waals surface area contributed by atoms with Gasteiger partial charge in [0.1, 0.15) is 11.5 Å². The molecule has 0 aliphatic heterocycles. The molecule has 0 unspecified atom stereocenters. The lowest BCUT2D eigenvalue weighted by Gasteiger charge is -2.23. The second-order valence-corrected chi connectivity index (χ2v) is 11.0.